The fourth-order valence-corrected chi connectivity index (χ4v) is 1.73. The van der Waals surface area contributed by atoms with Crippen molar-refractivity contribution < 1.29 is 14.8 Å². The molecule has 0 bridgehead atoms. The third kappa shape index (κ3) is 4.68. The summed E-state index contributed by atoms with van der Waals surface area (Å²) in [7, 11) is 3.62. The molecule has 0 saturated heterocycles. The molecule has 1 unspecified atom stereocenters. The maximum absolute atomic E-state index is 11.7. The summed E-state index contributed by atoms with van der Waals surface area (Å²) in [5.41, 5.74) is -0.982. The predicted molar refractivity (Wildman–Crippen MR) is 69.0 cm³/mol. The van der Waals surface area contributed by atoms with Crippen LogP contribution in [0.3, 0.4) is 0 Å². The summed E-state index contributed by atoms with van der Waals surface area (Å²) in [6, 6.07) is 2.54. The van der Waals surface area contributed by atoms with Gasteiger partial charge in [0.05, 0.1) is 5.60 Å². The van der Waals surface area contributed by atoms with Gasteiger partial charge in [0.25, 0.3) is 5.91 Å². The number of nitro groups is 1. The molecule has 1 rings (SSSR count). The van der Waals surface area contributed by atoms with Crippen molar-refractivity contribution in [2.24, 2.45) is 0 Å². The summed E-state index contributed by atoms with van der Waals surface area (Å²) in [5.74, 6) is -0.739. The highest BCUT2D eigenvalue weighted by Crippen LogP contribution is 2.10. The average molecular weight is 270 g/mol. The second-order valence-electron chi connectivity index (χ2n) is 4.93. The Balaban J connectivity index is 2.57. The van der Waals surface area contributed by atoms with Crippen molar-refractivity contribution in [2.45, 2.75) is 12.5 Å². The summed E-state index contributed by atoms with van der Waals surface area (Å²) >= 11 is 0. The van der Waals surface area contributed by atoms with Crippen LogP contribution in [0.15, 0.2) is 12.1 Å². The van der Waals surface area contributed by atoms with Crippen molar-refractivity contribution in [3.63, 3.8) is 0 Å². The highest BCUT2D eigenvalue weighted by Gasteiger charge is 2.23. The van der Waals surface area contributed by atoms with Crippen molar-refractivity contribution >= 4 is 11.7 Å². The first-order valence-electron chi connectivity index (χ1n) is 5.70. The quantitative estimate of drug-likeness (QED) is 0.496. The zero-order valence-electron chi connectivity index (χ0n) is 11.1. The molecule has 1 heterocycles. The van der Waals surface area contributed by atoms with Crippen molar-refractivity contribution in [3.8, 4) is 0 Å². The predicted octanol–water partition coefficient (Wildman–Crippen LogP) is -0.0347. The molecule has 0 aliphatic rings. The summed E-state index contributed by atoms with van der Waals surface area (Å²) in [6.45, 7) is 2.04. The monoisotopic (exact) mass is 270 g/mol. The Labute approximate surface area is 110 Å². The number of likely N-dealkylation sites (N-methyl/N-ethyl adjacent to an activating group) is 1. The summed E-state index contributed by atoms with van der Waals surface area (Å²) in [5, 5.41) is 23.0. The lowest BCUT2D eigenvalue weighted by molar-refractivity contribution is -0.389. The van der Waals surface area contributed by atoms with Crippen LogP contribution in [-0.2, 0) is 0 Å². The van der Waals surface area contributed by atoms with Gasteiger partial charge in [-0.15, -0.1) is 0 Å². The minimum atomic E-state index is -1.07. The highest BCUT2D eigenvalue weighted by atomic mass is 16.6. The first-order chi connectivity index (χ1) is 8.71. The van der Waals surface area contributed by atoms with E-state index >= 15 is 0 Å². The van der Waals surface area contributed by atoms with E-state index in [1.165, 1.54) is 12.1 Å². The highest BCUT2D eigenvalue weighted by molar-refractivity contribution is 5.92. The number of amides is 1. The van der Waals surface area contributed by atoms with Gasteiger partial charge < -0.3 is 25.4 Å². The molecule has 3 N–H and O–H groups in total. The first-order valence-corrected chi connectivity index (χ1v) is 5.70. The van der Waals surface area contributed by atoms with Crippen molar-refractivity contribution in [2.75, 3.05) is 27.2 Å². The molecule has 1 aromatic rings. The Morgan fingerprint density at radius 3 is 2.68 bits per heavy atom. The van der Waals surface area contributed by atoms with Crippen molar-refractivity contribution in [3.05, 3.63) is 27.9 Å². The molecule has 1 atom stereocenters. The molecule has 1 aromatic heterocycles. The third-order valence-electron chi connectivity index (χ3n) is 2.40. The minimum absolute atomic E-state index is 0.0524. The van der Waals surface area contributed by atoms with Crippen LogP contribution in [0.4, 0.5) is 5.82 Å². The van der Waals surface area contributed by atoms with Crippen LogP contribution >= 0.6 is 0 Å². The number of hydrogen-bond donors (Lipinski definition) is 3. The van der Waals surface area contributed by atoms with Crippen LogP contribution in [0, 0.1) is 10.1 Å². The largest absolute Gasteiger partial charge is 0.387 e. The van der Waals surface area contributed by atoms with Crippen LogP contribution in [0.25, 0.3) is 0 Å². The van der Waals surface area contributed by atoms with E-state index in [1.54, 1.807) is 11.8 Å². The van der Waals surface area contributed by atoms with Gasteiger partial charge in [0.2, 0.25) is 0 Å². The standard InChI is InChI=1S/C11H18N4O4/c1-11(17,7-14(2)3)6-12-10(16)8-4-5-9(13-8)15(18)19/h4-5,13,17H,6-7H2,1-3H3,(H,12,16). The van der Waals surface area contributed by atoms with Gasteiger partial charge in [-0.25, -0.2) is 4.98 Å². The maximum atomic E-state index is 11.7. The number of rotatable bonds is 6. The van der Waals surface area contributed by atoms with Crippen LogP contribution in [0.1, 0.15) is 17.4 Å². The lowest BCUT2D eigenvalue weighted by Crippen LogP contribution is -2.47. The number of aromatic nitrogens is 1. The number of aromatic amines is 1. The minimum Gasteiger partial charge on any atom is -0.387 e. The average Bonchev–Trinajstić information content (AvgIpc) is 2.73. The van der Waals surface area contributed by atoms with E-state index in [1.807, 2.05) is 14.1 Å². The zero-order chi connectivity index (χ0) is 14.6. The molecule has 0 fully saturated rings. The number of H-pyrrole nitrogens is 1. The number of nitrogens with zero attached hydrogens (tertiary/aromatic N) is 2. The SMILES string of the molecule is CN(C)CC(C)(O)CNC(=O)c1ccc([N+](=O)[O-])[nH]1. The third-order valence-corrected chi connectivity index (χ3v) is 2.40. The Morgan fingerprint density at radius 1 is 1.58 bits per heavy atom. The van der Waals surface area contributed by atoms with Gasteiger partial charge in [0, 0.05) is 19.2 Å². The smallest absolute Gasteiger partial charge is 0.321 e. The van der Waals surface area contributed by atoms with Gasteiger partial charge in [-0.05, 0) is 32.0 Å². The van der Waals surface area contributed by atoms with Gasteiger partial charge in [0.1, 0.15) is 0 Å². The number of aliphatic hydroxyl groups is 1. The van der Waals surface area contributed by atoms with E-state index in [0.717, 1.165) is 0 Å². The van der Waals surface area contributed by atoms with Crippen molar-refractivity contribution in [1.82, 2.24) is 15.2 Å². The zero-order valence-corrected chi connectivity index (χ0v) is 11.1. The number of hydrogen-bond acceptors (Lipinski definition) is 5. The molecule has 106 valence electrons. The molecular formula is C11H18N4O4. The van der Waals surface area contributed by atoms with Crippen LogP contribution in [0.2, 0.25) is 0 Å². The summed E-state index contributed by atoms with van der Waals surface area (Å²) in [4.78, 5) is 25.8. The molecule has 0 aromatic carbocycles. The Bertz CT molecular complexity index is 467. The Kier molecular flexibility index (Phi) is 4.62. The molecule has 0 radical (unpaired) electrons. The van der Waals surface area contributed by atoms with E-state index in [2.05, 4.69) is 10.3 Å². The fraction of sp³-hybridized carbons (Fsp3) is 0.545. The van der Waals surface area contributed by atoms with Crippen LogP contribution in [-0.4, -0.2) is 58.6 Å². The van der Waals surface area contributed by atoms with Gasteiger partial charge in [-0.3, -0.25) is 4.79 Å². The van der Waals surface area contributed by atoms with E-state index in [4.69, 9.17) is 0 Å². The summed E-state index contributed by atoms with van der Waals surface area (Å²) in [6.07, 6.45) is 0. The van der Waals surface area contributed by atoms with E-state index in [0.29, 0.717) is 6.54 Å². The molecule has 19 heavy (non-hydrogen) atoms. The molecule has 1 amide bonds. The normalized spacial score (nSPS) is 14.2. The number of carbonyl (C=O) groups is 1. The van der Waals surface area contributed by atoms with Crippen LogP contribution in [0.5, 0.6) is 0 Å². The van der Waals surface area contributed by atoms with Crippen LogP contribution < -0.4 is 5.32 Å². The van der Waals surface area contributed by atoms with Crippen molar-refractivity contribution in [1.29, 1.82) is 0 Å². The maximum Gasteiger partial charge on any atom is 0.321 e. The molecule has 8 heteroatoms. The molecule has 0 aliphatic carbocycles. The lowest BCUT2D eigenvalue weighted by Gasteiger charge is -2.26. The van der Waals surface area contributed by atoms with E-state index in [-0.39, 0.29) is 18.1 Å². The van der Waals surface area contributed by atoms with E-state index in [9.17, 15) is 20.0 Å². The van der Waals surface area contributed by atoms with Gasteiger partial charge in [-0.1, -0.05) is 0 Å². The number of carbonyl (C=O) groups excluding carboxylic acids is 1. The molecular weight excluding hydrogens is 252 g/mol. The van der Waals surface area contributed by atoms with Gasteiger partial charge >= 0.3 is 5.82 Å². The Hall–Kier alpha value is -1.93. The van der Waals surface area contributed by atoms with Gasteiger partial charge in [0.15, 0.2) is 5.69 Å². The van der Waals surface area contributed by atoms with Gasteiger partial charge in [-0.2, -0.15) is 0 Å². The van der Waals surface area contributed by atoms with E-state index < -0.39 is 16.4 Å². The fourth-order valence-electron chi connectivity index (χ4n) is 1.73. The first kappa shape index (κ1) is 15.1. The summed E-state index contributed by atoms with van der Waals surface area (Å²) < 4.78 is 0. The molecule has 0 spiro atoms. The topological polar surface area (TPSA) is 112 Å². The molecule has 0 aliphatic heterocycles. The molecule has 0 saturated carbocycles. The second-order valence-corrected chi connectivity index (χ2v) is 4.93. The second kappa shape index (κ2) is 5.81. The lowest BCUT2D eigenvalue weighted by atomic mass is 10.1. The number of nitrogens with one attached hydrogen (secondary N) is 2. The Morgan fingerprint density at radius 2 is 2.21 bits per heavy atom. The molecule has 8 nitrogen and oxygen atoms in total.